The van der Waals surface area contributed by atoms with Gasteiger partial charge in [-0.2, -0.15) is 0 Å². The summed E-state index contributed by atoms with van der Waals surface area (Å²) in [7, 11) is 0. The van der Waals surface area contributed by atoms with Crippen LogP contribution < -0.4 is 11.5 Å². The predicted molar refractivity (Wildman–Crippen MR) is 69.4 cm³/mol. The number of aromatic nitrogens is 2. The fourth-order valence-corrected chi connectivity index (χ4v) is 2.20. The van der Waals surface area contributed by atoms with Crippen LogP contribution in [0.25, 0.3) is 0 Å². The van der Waals surface area contributed by atoms with Gasteiger partial charge in [-0.3, -0.25) is 0 Å². The maximum absolute atomic E-state index is 5.59. The van der Waals surface area contributed by atoms with E-state index in [9.17, 15) is 0 Å². The number of nitrogen functional groups attached to an aromatic ring is 2. The molecule has 0 aromatic carbocycles. The zero-order chi connectivity index (χ0) is 12.0. The van der Waals surface area contributed by atoms with Crippen molar-refractivity contribution in [2.45, 2.75) is 19.0 Å². The molecule has 0 bridgehead atoms. The molecule has 6 heteroatoms. The van der Waals surface area contributed by atoms with Crippen LogP contribution in [0.15, 0.2) is 11.2 Å². The third-order valence-corrected chi connectivity index (χ3v) is 3.11. The first kappa shape index (κ1) is 13.1. The quantitative estimate of drug-likeness (QED) is 0.573. The molecule has 0 aliphatic rings. The summed E-state index contributed by atoms with van der Waals surface area (Å²) in [4.78, 5) is 10.6. The highest BCUT2D eigenvalue weighted by atomic mass is 32.2. The molecule has 0 saturated carbocycles. The average Bonchev–Trinajstić information content (AvgIpc) is 2.23. The van der Waals surface area contributed by atoms with Crippen LogP contribution in [0.2, 0.25) is 0 Å². The Morgan fingerprint density at radius 3 is 2.25 bits per heavy atom. The van der Waals surface area contributed by atoms with Crippen LogP contribution >= 0.6 is 11.8 Å². The lowest BCUT2D eigenvalue weighted by Gasteiger charge is -2.16. The van der Waals surface area contributed by atoms with Crippen molar-refractivity contribution in [2.24, 2.45) is 0 Å². The standard InChI is InChI=1S/C10H19N5S/c1-3-15(4-2)5-6-16-10-13-8(11)7-9(12)14-10/h7H,3-6H2,1-2H3,(H4,11,12,13,14). The number of nitrogens with zero attached hydrogens (tertiary/aromatic N) is 3. The molecule has 0 unspecified atom stereocenters. The third kappa shape index (κ3) is 4.24. The molecule has 1 aromatic rings. The van der Waals surface area contributed by atoms with Gasteiger partial charge in [0.2, 0.25) is 0 Å². The molecule has 90 valence electrons. The van der Waals surface area contributed by atoms with E-state index in [0.29, 0.717) is 16.8 Å². The van der Waals surface area contributed by atoms with Gasteiger partial charge in [0.15, 0.2) is 5.16 Å². The summed E-state index contributed by atoms with van der Waals surface area (Å²) >= 11 is 1.58. The normalized spacial score (nSPS) is 10.9. The Hall–Kier alpha value is -1.01. The molecule has 4 N–H and O–H groups in total. The summed E-state index contributed by atoms with van der Waals surface area (Å²) in [5, 5.41) is 0.657. The van der Waals surface area contributed by atoms with Crippen LogP contribution in [0.5, 0.6) is 0 Å². The average molecular weight is 241 g/mol. The molecule has 1 heterocycles. The van der Waals surface area contributed by atoms with Crippen LogP contribution in [0.4, 0.5) is 11.6 Å². The molecule has 0 amide bonds. The van der Waals surface area contributed by atoms with Crippen molar-refractivity contribution in [3.63, 3.8) is 0 Å². The van der Waals surface area contributed by atoms with Crippen LogP contribution in [-0.4, -0.2) is 40.3 Å². The second kappa shape index (κ2) is 6.55. The van der Waals surface area contributed by atoms with Crippen molar-refractivity contribution in [3.8, 4) is 0 Å². The molecule has 0 saturated heterocycles. The number of hydrogen-bond acceptors (Lipinski definition) is 6. The highest BCUT2D eigenvalue weighted by molar-refractivity contribution is 7.99. The van der Waals surface area contributed by atoms with Crippen molar-refractivity contribution in [2.75, 3.05) is 36.9 Å². The first-order chi connectivity index (χ1) is 7.65. The number of rotatable bonds is 6. The Labute approximate surface area is 101 Å². The van der Waals surface area contributed by atoms with Crippen LogP contribution in [0.3, 0.4) is 0 Å². The van der Waals surface area contributed by atoms with Crippen LogP contribution in [-0.2, 0) is 0 Å². The van der Waals surface area contributed by atoms with Crippen molar-refractivity contribution in [1.82, 2.24) is 14.9 Å². The van der Waals surface area contributed by atoms with E-state index in [1.807, 2.05) is 0 Å². The van der Waals surface area contributed by atoms with E-state index in [1.54, 1.807) is 17.8 Å². The number of thioether (sulfide) groups is 1. The van der Waals surface area contributed by atoms with E-state index in [1.165, 1.54) is 0 Å². The summed E-state index contributed by atoms with van der Waals surface area (Å²) in [6, 6.07) is 1.56. The van der Waals surface area contributed by atoms with Crippen LogP contribution in [0, 0.1) is 0 Å². The third-order valence-electron chi connectivity index (χ3n) is 2.28. The van der Waals surface area contributed by atoms with E-state index in [2.05, 4.69) is 28.7 Å². The molecular formula is C10H19N5S. The Balaban J connectivity index is 2.42. The number of nitrogens with two attached hydrogens (primary N) is 2. The first-order valence-corrected chi connectivity index (χ1v) is 6.39. The fraction of sp³-hybridized carbons (Fsp3) is 0.600. The summed E-state index contributed by atoms with van der Waals surface area (Å²) in [5.41, 5.74) is 11.2. The predicted octanol–water partition coefficient (Wildman–Crippen LogP) is 1.07. The molecule has 1 rings (SSSR count). The van der Waals surface area contributed by atoms with E-state index in [4.69, 9.17) is 11.5 Å². The molecule has 0 radical (unpaired) electrons. The summed E-state index contributed by atoms with van der Waals surface area (Å²) < 4.78 is 0. The van der Waals surface area contributed by atoms with Crippen molar-refractivity contribution < 1.29 is 0 Å². The second-order valence-corrected chi connectivity index (χ2v) is 4.44. The van der Waals surface area contributed by atoms with Crippen molar-refractivity contribution in [1.29, 1.82) is 0 Å². The molecule has 0 aliphatic heterocycles. The summed E-state index contributed by atoms with van der Waals surface area (Å²) in [6.07, 6.45) is 0. The Bertz CT molecular complexity index is 307. The van der Waals surface area contributed by atoms with Gasteiger partial charge in [-0.15, -0.1) is 0 Å². The monoisotopic (exact) mass is 241 g/mol. The van der Waals surface area contributed by atoms with Gasteiger partial charge < -0.3 is 16.4 Å². The lowest BCUT2D eigenvalue weighted by Crippen LogP contribution is -2.25. The van der Waals surface area contributed by atoms with Gasteiger partial charge in [0.25, 0.3) is 0 Å². The Morgan fingerprint density at radius 2 is 1.75 bits per heavy atom. The maximum atomic E-state index is 5.59. The smallest absolute Gasteiger partial charge is 0.191 e. The van der Waals surface area contributed by atoms with Gasteiger partial charge in [-0.05, 0) is 13.1 Å². The van der Waals surface area contributed by atoms with E-state index >= 15 is 0 Å². The van der Waals surface area contributed by atoms with Gasteiger partial charge in [0.05, 0.1) is 0 Å². The molecule has 5 nitrogen and oxygen atoms in total. The summed E-state index contributed by atoms with van der Waals surface area (Å²) in [5.74, 6) is 1.81. The van der Waals surface area contributed by atoms with Gasteiger partial charge in [-0.1, -0.05) is 25.6 Å². The maximum Gasteiger partial charge on any atom is 0.191 e. The fourth-order valence-electron chi connectivity index (χ4n) is 1.33. The highest BCUT2D eigenvalue weighted by Crippen LogP contribution is 2.16. The van der Waals surface area contributed by atoms with Crippen LogP contribution in [0.1, 0.15) is 13.8 Å². The molecule has 0 fully saturated rings. The first-order valence-electron chi connectivity index (χ1n) is 5.40. The van der Waals surface area contributed by atoms with Gasteiger partial charge >= 0.3 is 0 Å². The molecular weight excluding hydrogens is 222 g/mol. The molecule has 0 aliphatic carbocycles. The molecule has 0 spiro atoms. The second-order valence-electron chi connectivity index (χ2n) is 3.38. The minimum absolute atomic E-state index is 0.429. The topological polar surface area (TPSA) is 81.1 Å². The highest BCUT2D eigenvalue weighted by Gasteiger charge is 2.03. The van der Waals surface area contributed by atoms with Crippen molar-refractivity contribution >= 4 is 23.4 Å². The van der Waals surface area contributed by atoms with E-state index in [0.717, 1.165) is 25.4 Å². The number of hydrogen-bond donors (Lipinski definition) is 2. The zero-order valence-corrected chi connectivity index (χ0v) is 10.6. The van der Waals surface area contributed by atoms with Crippen molar-refractivity contribution in [3.05, 3.63) is 6.07 Å². The minimum Gasteiger partial charge on any atom is -0.383 e. The minimum atomic E-state index is 0.429. The Kier molecular flexibility index (Phi) is 5.34. The van der Waals surface area contributed by atoms with E-state index < -0.39 is 0 Å². The van der Waals surface area contributed by atoms with Gasteiger partial charge in [0, 0.05) is 18.4 Å². The van der Waals surface area contributed by atoms with Gasteiger partial charge in [-0.25, -0.2) is 9.97 Å². The van der Waals surface area contributed by atoms with Gasteiger partial charge in [0.1, 0.15) is 11.6 Å². The number of anilines is 2. The lowest BCUT2D eigenvalue weighted by atomic mass is 10.5. The SMILES string of the molecule is CCN(CC)CCSc1nc(N)cc(N)n1. The molecule has 0 atom stereocenters. The molecule has 16 heavy (non-hydrogen) atoms. The largest absolute Gasteiger partial charge is 0.383 e. The zero-order valence-electron chi connectivity index (χ0n) is 9.81. The van der Waals surface area contributed by atoms with E-state index in [-0.39, 0.29) is 0 Å². The Morgan fingerprint density at radius 1 is 1.19 bits per heavy atom. The lowest BCUT2D eigenvalue weighted by molar-refractivity contribution is 0.324. The summed E-state index contributed by atoms with van der Waals surface area (Å²) in [6.45, 7) is 7.47. The molecule has 1 aromatic heterocycles.